The highest BCUT2D eigenvalue weighted by atomic mass is 28.3. The molecule has 19 heavy (non-hydrogen) atoms. The van der Waals surface area contributed by atoms with Crippen molar-refractivity contribution in [3.05, 3.63) is 60.7 Å². The smallest absolute Gasteiger partial charge is 0.175 e. The minimum absolute atomic E-state index is 0.183. The van der Waals surface area contributed by atoms with Crippen LogP contribution in [0.25, 0.3) is 0 Å². The molecule has 1 nitrogen and oxygen atoms in total. The van der Waals surface area contributed by atoms with Gasteiger partial charge in [0.1, 0.15) is 0 Å². The Morgan fingerprint density at radius 1 is 0.684 bits per heavy atom. The Morgan fingerprint density at radius 2 is 1.05 bits per heavy atom. The lowest BCUT2D eigenvalue weighted by molar-refractivity contribution is 0.381. The molecule has 2 rings (SSSR count). The lowest BCUT2D eigenvalue weighted by Crippen LogP contribution is -2.53. The van der Waals surface area contributed by atoms with E-state index < -0.39 is 0 Å². The molecule has 0 heterocycles. The Hall–Kier alpha value is -1.17. The monoisotopic (exact) mass is 281 g/mol. The van der Waals surface area contributed by atoms with Crippen LogP contribution in [0.4, 0.5) is 0 Å². The molecule has 0 saturated heterocycles. The molecule has 0 atom stereocenters. The maximum Gasteiger partial charge on any atom is 0.175 e. The number of nitrogens with zero attached hydrogens (tertiary/aromatic N) is 1. The van der Waals surface area contributed by atoms with Crippen molar-refractivity contribution in [2.24, 2.45) is 0 Å². The maximum atomic E-state index is 2.57. The Morgan fingerprint density at radius 3 is 1.37 bits per heavy atom. The van der Waals surface area contributed by atoms with Gasteiger partial charge in [-0.2, -0.15) is 0 Å². The second-order valence-electron chi connectivity index (χ2n) is 5.46. The molecule has 96 valence electrons. The SMILES string of the molecule is CC(C)(C)N([Si]c1ccccc1)[Si]c1ccccc1. The second kappa shape index (κ2) is 6.32. The van der Waals surface area contributed by atoms with Gasteiger partial charge in [0.25, 0.3) is 0 Å². The van der Waals surface area contributed by atoms with Gasteiger partial charge in [0, 0.05) is 0 Å². The Bertz CT molecular complexity index is 450. The maximum absolute atomic E-state index is 2.57. The van der Waals surface area contributed by atoms with Gasteiger partial charge in [-0.3, -0.25) is 0 Å². The zero-order valence-electron chi connectivity index (χ0n) is 11.7. The van der Waals surface area contributed by atoms with Gasteiger partial charge in [0.15, 0.2) is 19.4 Å². The van der Waals surface area contributed by atoms with Crippen LogP contribution in [0.15, 0.2) is 60.7 Å². The van der Waals surface area contributed by atoms with E-state index in [9.17, 15) is 0 Å². The number of rotatable bonds is 4. The molecule has 0 aliphatic heterocycles. The summed E-state index contributed by atoms with van der Waals surface area (Å²) >= 11 is 0. The lowest BCUT2D eigenvalue weighted by atomic mass is 10.1. The average Bonchev–Trinajstić information content (AvgIpc) is 2.39. The average molecular weight is 282 g/mol. The van der Waals surface area contributed by atoms with Crippen molar-refractivity contribution in [2.75, 3.05) is 0 Å². The fourth-order valence-electron chi connectivity index (χ4n) is 1.65. The normalized spacial score (nSPS) is 11.8. The topological polar surface area (TPSA) is 3.24 Å². The van der Waals surface area contributed by atoms with Crippen LogP contribution in [0.2, 0.25) is 0 Å². The van der Waals surface area contributed by atoms with Gasteiger partial charge in [0.05, 0.1) is 0 Å². The minimum atomic E-state index is 0.183. The van der Waals surface area contributed by atoms with E-state index in [0.717, 1.165) is 19.4 Å². The zero-order chi connectivity index (χ0) is 13.7. The van der Waals surface area contributed by atoms with Crippen LogP contribution in [-0.4, -0.2) is 29.1 Å². The minimum Gasteiger partial charge on any atom is -0.337 e. The first kappa shape index (κ1) is 14.2. The predicted molar refractivity (Wildman–Crippen MR) is 85.3 cm³/mol. The second-order valence-corrected chi connectivity index (χ2v) is 8.41. The fourth-order valence-corrected chi connectivity index (χ4v) is 4.52. The molecule has 0 amide bonds. The third kappa shape index (κ3) is 4.46. The summed E-state index contributed by atoms with van der Waals surface area (Å²) in [6, 6.07) is 21.5. The van der Waals surface area contributed by atoms with Crippen LogP contribution >= 0.6 is 0 Å². The van der Waals surface area contributed by atoms with Crippen molar-refractivity contribution >= 4 is 29.7 Å². The van der Waals surface area contributed by atoms with Gasteiger partial charge >= 0.3 is 0 Å². The highest BCUT2D eigenvalue weighted by Crippen LogP contribution is 2.10. The molecule has 2 aromatic rings. The van der Waals surface area contributed by atoms with Crippen LogP contribution in [0.5, 0.6) is 0 Å². The molecule has 0 bridgehead atoms. The fraction of sp³-hybridized carbons (Fsp3) is 0.250. The third-order valence-electron chi connectivity index (χ3n) is 2.70. The van der Waals surface area contributed by atoms with E-state index in [1.165, 1.54) is 10.4 Å². The summed E-state index contributed by atoms with van der Waals surface area (Å²) in [4.78, 5) is 0. The molecule has 0 N–H and O–H groups in total. The molecule has 0 aliphatic rings. The number of benzene rings is 2. The van der Waals surface area contributed by atoms with E-state index in [2.05, 4.69) is 85.7 Å². The van der Waals surface area contributed by atoms with Crippen molar-refractivity contribution in [3.63, 3.8) is 0 Å². The molecule has 0 unspecified atom stereocenters. The molecule has 0 aromatic heterocycles. The lowest BCUT2D eigenvalue weighted by Gasteiger charge is -2.35. The van der Waals surface area contributed by atoms with Crippen molar-refractivity contribution in [2.45, 2.75) is 26.3 Å². The van der Waals surface area contributed by atoms with Crippen LogP contribution in [0, 0.1) is 0 Å². The quantitative estimate of drug-likeness (QED) is 0.775. The van der Waals surface area contributed by atoms with E-state index >= 15 is 0 Å². The van der Waals surface area contributed by atoms with Gasteiger partial charge in [-0.25, -0.2) is 0 Å². The van der Waals surface area contributed by atoms with Crippen molar-refractivity contribution in [3.8, 4) is 0 Å². The molecule has 0 saturated carbocycles. The van der Waals surface area contributed by atoms with Gasteiger partial charge in [-0.15, -0.1) is 0 Å². The summed E-state index contributed by atoms with van der Waals surface area (Å²) in [5.41, 5.74) is 0.183. The first-order valence-electron chi connectivity index (χ1n) is 6.49. The van der Waals surface area contributed by atoms with Crippen molar-refractivity contribution < 1.29 is 0 Å². The van der Waals surface area contributed by atoms with Crippen LogP contribution in [0.3, 0.4) is 0 Å². The summed E-state index contributed by atoms with van der Waals surface area (Å²) in [6.07, 6.45) is 0. The zero-order valence-corrected chi connectivity index (χ0v) is 13.7. The first-order valence-corrected chi connectivity index (χ1v) is 8.39. The molecular weight excluding hydrogens is 262 g/mol. The van der Waals surface area contributed by atoms with E-state index in [-0.39, 0.29) is 5.54 Å². The van der Waals surface area contributed by atoms with Crippen molar-refractivity contribution in [1.82, 2.24) is 4.23 Å². The first-order chi connectivity index (χ1) is 9.05. The summed E-state index contributed by atoms with van der Waals surface area (Å²) < 4.78 is 2.57. The molecule has 4 radical (unpaired) electrons. The molecule has 0 aliphatic carbocycles. The highest BCUT2D eigenvalue weighted by Gasteiger charge is 2.22. The standard InChI is InChI=1S/C16H19NSi2/c1-16(2,3)17(18-14-10-6-4-7-11-14)19-15-12-8-5-9-13-15/h4-13H,1-3H3. The summed E-state index contributed by atoms with van der Waals surface area (Å²) in [5.74, 6) is 0. The summed E-state index contributed by atoms with van der Waals surface area (Å²) in [5, 5.41) is 2.81. The van der Waals surface area contributed by atoms with Crippen LogP contribution in [-0.2, 0) is 0 Å². The van der Waals surface area contributed by atoms with E-state index in [0.29, 0.717) is 0 Å². The van der Waals surface area contributed by atoms with Gasteiger partial charge in [-0.05, 0) is 36.7 Å². The summed E-state index contributed by atoms with van der Waals surface area (Å²) in [7, 11) is 1.44. The van der Waals surface area contributed by atoms with Crippen LogP contribution < -0.4 is 10.4 Å². The Labute approximate surface area is 121 Å². The largest absolute Gasteiger partial charge is 0.337 e. The Balaban J connectivity index is 2.13. The molecule has 3 heteroatoms. The van der Waals surface area contributed by atoms with E-state index in [1.807, 2.05) is 0 Å². The van der Waals surface area contributed by atoms with Gasteiger partial charge < -0.3 is 4.23 Å². The number of hydrogen-bond donors (Lipinski definition) is 0. The highest BCUT2D eigenvalue weighted by molar-refractivity contribution is 6.66. The molecule has 0 fully saturated rings. The van der Waals surface area contributed by atoms with Crippen molar-refractivity contribution in [1.29, 1.82) is 0 Å². The van der Waals surface area contributed by atoms with Gasteiger partial charge in [-0.1, -0.05) is 60.7 Å². The van der Waals surface area contributed by atoms with E-state index in [4.69, 9.17) is 0 Å². The van der Waals surface area contributed by atoms with Gasteiger partial charge in [0.2, 0.25) is 0 Å². The van der Waals surface area contributed by atoms with Crippen LogP contribution in [0.1, 0.15) is 20.8 Å². The number of hydrogen-bond acceptors (Lipinski definition) is 1. The molecular formula is C16H19NSi2. The summed E-state index contributed by atoms with van der Waals surface area (Å²) in [6.45, 7) is 6.87. The Kier molecular flexibility index (Phi) is 4.74. The molecule has 2 aromatic carbocycles. The van der Waals surface area contributed by atoms with E-state index in [1.54, 1.807) is 0 Å². The predicted octanol–water partition coefficient (Wildman–Crippen LogP) is 1.98. The molecule has 0 spiro atoms. The third-order valence-corrected chi connectivity index (χ3v) is 6.34.